The van der Waals surface area contributed by atoms with Gasteiger partial charge in [0.25, 0.3) is 0 Å². The number of pyridine rings is 1. The molecule has 94 valence electrons. The molecule has 18 heavy (non-hydrogen) atoms. The molecule has 3 rings (SSSR count). The first-order valence-corrected chi connectivity index (χ1v) is 6.40. The second-order valence-electron chi connectivity index (χ2n) is 4.24. The van der Waals surface area contributed by atoms with Crippen molar-refractivity contribution in [3.05, 3.63) is 39.5 Å². The number of hydrogen-bond donors (Lipinski definition) is 0. The quantitative estimate of drug-likeness (QED) is 0.744. The molecule has 1 aromatic heterocycles. The molecule has 1 saturated heterocycles. The van der Waals surface area contributed by atoms with Crippen molar-refractivity contribution in [3.8, 4) is 0 Å². The third-order valence-electron chi connectivity index (χ3n) is 2.93. The fourth-order valence-electron chi connectivity index (χ4n) is 2.12. The summed E-state index contributed by atoms with van der Waals surface area (Å²) in [7, 11) is 0. The smallest absolute Gasteiger partial charge is 0.187 e. The maximum absolute atomic E-state index is 6.19. The van der Waals surface area contributed by atoms with Crippen LogP contribution in [0.15, 0.2) is 18.2 Å². The Hall–Kier alpha value is -0.870. The molecule has 1 aromatic carbocycles. The van der Waals surface area contributed by atoms with Crippen LogP contribution in [0, 0.1) is 6.92 Å². The van der Waals surface area contributed by atoms with Crippen LogP contribution in [0.25, 0.3) is 10.9 Å². The molecule has 1 aliphatic rings. The van der Waals surface area contributed by atoms with Crippen LogP contribution in [-0.2, 0) is 9.47 Å². The van der Waals surface area contributed by atoms with Crippen molar-refractivity contribution in [3.63, 3.8) is 0 Å². The van der Waals surface area contributed by atoms with Crippen LogP contribution >= 0.6 is 23.2 Å². The van der Waals surface area contributed by atoms with Gasteiger partial charge in [-0.3, -0.25) is 0 Å². The summed E-state index contributed by atoms with van der Waals surface area (Å²) in [4.78, 5) is 4.41. The van der Waals surface area contributed by atoms with Gasteiger partial charge in [0.15, 0.2) is 6.29 Å². The van der Waals surface area contributed by atoms with E-state index in [9.17, 15) is 0 Å². The maximum atomic E-state index is 6.19. The summed E-state index contributed by atoms with van der Waals surface area (Å²) in [6.45, 7) is 3.11. The second-order valence-corrected chi connectivity index (χ2v) is 5.03. The highest BCUT2D eigenvalue weighted by Crippen LogP contribution is 2.32. The van der Waals surface area contributed by atoms with Crippen molar-refractivity contribution in [2.75, 3.05) is 13.2 Å². The lowest BCUT2D eigenvalue weighted by Crippen LogP contribution is -2.01. The van der Waals surface area contributed by atoms with E-state index < -0.39 is 6.29 Å². The van der Waals surface area contributed by atoms with Gasteiger partial charge in [-0.1, -0.05) is 23.2 Å². The Morgan fingerprint density at radius 3 is 2.61 bits per heavy atom. The van der Waals surface area contributed by atoms with Crippen molar-refractivity contribution in [1.29, 1.82) is 0 Å². The predicted molar refractivity (Wildman–Crippen MR) is 71.1 cm³/mol. The predicted octanol–water partition coefficient (Wildman–Crippen LogP) is 3.90. The van der Waals surface area contributed by atoms with Crippen LogP contribution in [-0.4, -0.2) is 18.2 Å². The highest BCUT2D eigenvalue weighted by atomic mass is 35.5. The van der Waals surface area contributed by atoms with E-state index in [4.69, 9.17) is 32.7 Å². The molecule has 0 unspecified atom stereocenters. The van der Waals surface area contributed by atoms with Crippen LogP contribution in [0.3, 0.4) is 0 Å². The molecular formula is C13H11Cl2NO2. The third-order valence-corrected chi connectivity index (χ3v) is 3.45. The van der Waals surface area contributed by atoms with Gasteiger partial charge in [-0.2, -0.15) is 0 Å². The summed E-state index contributed by atoms with van der Waals surface area (Å²) in [6, 6.07) is 5.67. The topological polar surface area (TPSA) is 31.4 Å². The van der Waals surface area contributed by atoms with E-state index in [1.54, 1.807) is 0 Å². The Morgan fingerprint density at radius 2 is 1.89 bits per heavy atom. The molecule has 1 fully saturated rings. The van der Waals surface area contributed by atoms with Crippen molar-refractivity contribution < 1.29 is 9.47 Å². The van der Waals surface area contributed by atoms with Crippen LogP contribution in [0.1, 0.15) is 17.4 Å². The molecule has 3 nitrogen and oxygen atoms in total. The van der Waals surface area contributed by atoms with Gasteiger partial charge in [-0.15, -0.1) is 0 Å². The Kier molecular flexibility index (Phi) is 3.16. The maximum Gasteiger partial charge on any atom is 0.187 e. The zero-order valence-electron chi connectivity index (χ0n) is 9.74. The van der Waals surface area contributed by atoms with E-state index in [-0.39, 0.29) is 0 Å². The minimum Gasteiger partial charge on any atom is -0.346 e. The van der Waals surface area contributed by atoms with Crippen LogP contribution in [0.5, 0.6) is 0 Å². The van der Waals surface area contributed by atoms with Gasteiger partial charge in [0.1, 0.15) is 5.15 Å². The van der Waals surface area contributed by atoms with Gasteiger partial charge in [-0.25, -0.2) is 4.98 Å². The van der Waals surface area contributed by atoms with E-state index >= 15 is 0 Å². The number of rotatable bonds is 1. The summed E-state index contributed by atoms with van der Waals surface area (Å²) in [6.07, 6.45) is -0.423. The second kappa shape index (κ2) is 4.67. The Balaban J connectivity index is 2.19. The van der Waals surface area contributed by atoms with E-state index in [1.807, 2.05) is 25.1 Å². The summed E-state index contributed by atoms with van der Waals surface area (Å²) in [5.74, 6) is 0. The molecule has 5 heteroatoms. The minimum atomic E-state index is -0.423. The number of nitrogens with zero attached hydrogens (tertiary/aromatic N) is 1. The van der Waals surface area contributed by atoms with Crippen molar-refractivity contribution in [1.82, 2.24) is 4.98 Å². The number of fused-ring (bicyclic) bond motifs is 1. The monoisotopic (exact) mass is 283 g/mol. The number of ether oxygens (including phenoxy) is 2. The molecule has 0 N–H and O–H groups in total. The summed E-state index contributed by atoms with van der Waals surface area (Å²) < 4.78 is 10.9. The van der Waals surface area contributed by atoms with Crippen LogP contribution in [0.4, 0.5) is 0 Å². The fraction of sp³-hybridized carbons (Fsp3) is 0.308. The number of benzene rings is 1. The summed E-state index contributed by atoms with van der Waals surface area (Å²) in [5, 5.41) is 2.04. The Labute approximate surface area is 115 Å². The number of hydrogen-bond acceptors (Lipinski definition) is 3. The molecule has 0 atom stereocenters. The van der Waals surface area contributed by atoms with Gasteiger partial charge < -0.3 is 9.47 Å². The number of aryl methyl sites for hydroxylation is 1. The van der Waals surface area contributed by atoms with E-state index in [0.717, 1.165) is 22.0 Å². The first-order chi connectivity index (χ1) is 8.65. The van der Waals surface area contributed by atoms with E-state index in [0.29, 0.717) is 23.4 Å². The molecule has 0 spiro atoms. The largest absolute Gasteiger partial charge is 0.346 e. The standard InChI is InChI=1S/C13H11Cl2NO2/c1-7-4-9(14)5-8-6-10(12(15)16-11(7)8)13-17-2-3-18-13/h4-6,13H,2-3H2,1H3. The summed E-state index contributed by atoms with van der Waals surface area (Å²) >= 11 is 12.2. The van der Waals surface area contributed by atoms with Crippen molar-refractivity contribution in [2.45, 2.75) is 13.2 Å². The Morgan fingerprint density at radius 1 is 1.17 bits per heavy atom. The fourth-order valence-corrected chi connectivity index (χ4v) is 2.63. The van der Waals surface area contributed by atoms with Crippen LogP contribution in [0.2, 0.25) is 10.2 Å². The Bertz CT molecular complexity index is 609. The zero-order valence-corrected chi connectivity index (χ0v) is 11.3. The first-order valence-electron chi connectivity index (χ1n) is 5.64. The molecule has 1 aliphatic heterocycles. The average Bonchev–Trinajstić information content (AvgIpc) is 2.83. The molecule has 0 saturated carbocycles. The van der Waals surface area contributed by atoms with Gasteiger partial charge in [0.05, 0.1) is 18.7 Å². The molecule has 2 heterocycles. The lowest BCUT2D eigenvalue weighted by molar-refractivity contribution is -0.0441. The zero-order chi connectivity index (χ0) is 12.7. The van der Waals surface area contributed by atoms with Crippen molar-refractivity contribution in [2.24, 2.45) is 0 Å². The lowest BCUT2D eigenvalue weighted by atomic mass is 10.1. The van der Waals surface area contributed by atoms with E-state index in [1.165, 1.54) is 0 Å². The first kappa shape index (κ1) is 12.2. The molecule has 2 aromatic rings. The molecule has 0 radical (unpaired) electrons. The minimum absolute atomic E-state index is 0.417. The SMILES string of the molecule is Cc1cc(Cl)cc2cc(C3OCCO3)c(Cl)nc12. The van der Waals surface area contributed by atoms with Gasteiger partial charge in [-0.05, 0) is 30.7 Å². The van der Waals surface area contributed by atoms with Crippen LogP contribution < -0.4 is 0 Å². The molecular weight excluding hydrogens is 273 g/mol. The van der Waals surface area contributed by atoms with Gasteiger partial charge in [0.2, 0.25) is 0 Å². The highest BCUT2D eigenvalue weighted by Gasteiger charge is 2.22. The third kappa shape index (κ3) is 2.08. The normalized spacial score (nSPS) is 16.6. The summed E-state index contributed by atoms with van der Waals surface area (Å²) in [5.41, 5.74) is 2.61. The van der Waals surface area contributed by atoms with E-state index in [2.05, 4.69) is 4.98 Å². The number of halogens is 2. The molecule has 0 bridgehead atoms. The van der Waals surface area contributed by atoms with Crippen molar-refractivity contribution >= 4 is 34.1 Å². The van der Waals surface area contributed by atoms with Gasteiger partial charge >= 0.3 is 0 Å². The highest BCUT2D eigenvalue weighted by molar-refractivity contribution is 6.32. The number of aromatic nitrogens is 1. The molecule has 0 aliphatic carbocycles. The lowest BCUT2D eigenvalue weighted by Gasteiger charge is -2.12. The van der Waals surface area contributed by atoms with Gasteiger partial charge in [0, 0.05) is 16.0 Å². The molecule has 0 amide bonds. The average molecular weight is 284 g/mol.